The monoisotopic (exact) mass is 253 g/mol. The van der Waals surface area contributed by atoms with E-state index in [1.807, 2.05) is 0 Å². The first-order valence-corrected chi connectivity index (χ1v) is 5.25. The number of furan rings is 1. The maximum atomic E-state index is 5.85. The molecule has 0 spiro atoms. The lowest BCUT2D eigenvalue weighted by Gasteiger charge is -1.96. The molecule has 0 saturated heterocycles. The molecule has 0 bridgehead atoms. The first kappa shape index (κ1) is 9.69. The van der Waals surface area contributed by atoms with E-state index in [9.17, 15) is 0 Å². The Bertz CT molecular complexity index is 659. The third-order valence-corrected chi connectivity index (χ3v) is 2.60. The zero-order chi connectivity index (χ0) is 11.1. The third kappa shape index (κ3) is 1.47. The minimum atomic E-state index is 0.320. The lowest BCUT2D eigenvalue weighted by atomic mass is 10.4. The van der Waals surface area contributed by atoms with Crippen LogP contribution in [0.2, 0.25) is 10.2 Å². The van der Waals surface area contributed by atoms with Crippen molar-refractivity contribution in [2.75, 3.05) is 0 Å². The quantitative estimate of drug-likeness (QED) is 0.669. The maximum absolute atomic E-state index is 5.85. The summed E-state index contributed by atoms with van der Waals surface area (Å²) in [4.78, 5) is 0. The fourth-order valence-electron chi connectivity index (χ4n) is 1.47. The van der Waals surface area contributed by atoms with Gasteiger partial charge in [-0.25, -0.2) is 0 Å². The van der Waals surface area contributed by atoms with Gasteiger partial charge < -0.3 is 4.42 Å². The molecule has 0 aliphatic heterocycles. The summed E-state index contributed by atoms with van der Waals surface area (Å²) in [6.45, 7) is 0. The van der Waals surface area contributed by atoms with Gasteiger partial charge in [0.15, 0.2) is 16.6 Å². The van der Waals surface area contributed by atoms with Crippen LogP contribution in [0.15, 0.2) is 34.9 Å². The molecule has 0 atom stereocenters. The molecule has 0 aromatic carbocycles. The number of hydrogen-bond acceptors (Lipinski definition) is 3. The van der Waals surface area contributed by atoms with E-state index in [1.54, 1.807) is 34.9 Å². The SMILES string of the molecule is Clc1ccn2c(-c3ccc(Cl)o3)nnc2c1. The number of pyridine rings is 1. The van der Waals surface area contributed by atoms with E-state index in [0.717, 1.165) is 0 Å². The van der Waals surface area contributed by atoms with Gasteiger partial charge in [0.1, 0.15) is 0 Å². The summed E-state index contributed by atoms with van der Waals surface area (Å²) in [5.41, 5.74) is 0.662. The van der Waals surface area contributed by atoms with Crippen LogP contribution in [0.25, 0.3) is 17.2 Å². The molecule has 0 aliphatic carbocycles. The van der Waals surface area contributed by atoms with Crippen LogP contribution >= 0.6 is 23.2 Å². The zero-order valence-electron chi connectivity index (χ0n) is 7.89. The molecule has 0 unspecified atom stereocenters. The van der Waals surface area contributed by atoms with E-state index >= 15 is 0 Å². The van der Waals surface area contributed by atoms with E-state index in [-0.39, 0.29) is 0 Å². The van der Waals surface area contributed by atoms with Gasteiger partial charge in [-0.15, -0.1) is 10.2 Å². The molecule has 0 amide bonds. The normalized spacial score (nSPS) is 11.1. The largest absolute Gasteiger partial charge is 0.441 e. The van der Waals surface area contributed by atoms with Gasteiger partial charge in [0, 0.05) is 17.3 Å². The minimum Gasteiger partial charge on any atom is -0.441 e. The van der Waals surface area contributed by atoms with Crippen LogP contribution in [0.4, 0.5) is 0 Å². The van der Waals surface area contributed by atoms with Gasteiger partial charge in [-0.2, -0.15) is 0 Å². The van der Waals surface area contributed by atoms with Gasteiger partial charge in [-0.3, -0.25) is 4.40 Å². The Morgan fingerprint density at radius 2 is 2.00 bits per heavy atom. The second-order valence-electron chi connectivity index (χ2n) is 3.20. The van der Waals surface area contributed by atoms with Crippen molar-refractivity contribution in [3.8, 4) is 11.6 Å². The van der Waals surface area contributed by atoms with Crippen molar-refractivity contribution in [2.45, 2.75) is 0 Å². The second-order valence-corrected chi connectivity index (χ2v) is 4.01. The molecule has 4 nitrogen and oxygen atoms in total. The topological polar surface area (TPSA) is 43.3 Å². The number of hydrogen-bond donors (Lipinski definition) is 0. The highest BCUT2D eigenvalue weighted by Gasteiger charge is 2.11. The highest BCUT2D eigenvalue weighted by molar-refractivity contribution is 6.30. The average molecular weight is 254 g/mol. The lowest BCUT2D eigenvalue weighted by Crippen LogP contribution is -1.86. The molecule has 0 saturated carbocycles. The molecule has 0 N–H and O–H groups in total. The van der Waals surface area contributed by atoms with E-state index in [4.69, 9.17) is 27.6 Å². The first-order chi connectivity index (χ1) is 7.74. The van der Waals surface area contributed by atoms with E-state index < -0.39 is 0 Å². The standard InChI is InChI=1S/C10H5Cl2N3O/c11-6-3-4-15-9(5-6)13-14-10(15)7-1-2-8(12)16-7/h1-5H. The van der Waals surface area contributed by atoms with Crippen LogP contribution in [0.1, 0.15) is 0 Å². The molecular weight excluding hydrogens is 249 g/mol. The Balaban J connectivity index is 2.25. The average Bonchev–Trinajstić information content (AvgIpc) is 2.83. The number of aromatic nitrogens is 3. The summed E-state index contributed by atoms with van der Waals surface area (Å²) in [6.07, 6.45) is 1.78. The number of rotatable bonds is 1. The van der Waals surface area contributed by atoms with Crippen molar-refractivity contribution in [2.24, 2.45) is 0 Å². The molecule has 0 radical (unpaired) electrons. The molecule has 3 heterocycles. The zero-order valence-corrected chi connectivity index (χ0v) is 9.40. The smallest absolute Gasteiger partial charge is 0.204 e. The predicted octanol–water partition coefficient (Wildman–Crippen LogP) is 3.30. The Labute approximate surface area is 100 Å². The van der Waals surface area contributed by atoms with Gasteiger partial charge in [0.25, 0.3) is 0 Å². The van der Waals surface area contributed by atoms with Crippen molar-refractivity contribution in [3.63, 3.8) is 0 Å². The third-order valence-electron chi connectivity index (χ3n) is 2.17. The Morgan fingerprint density at radius 3 is 2.75 bits per heavy atom. The molecule has 16 heavy (non-hydrogen) atoms. The fourth-order valence-corrected chi connectivity index (χ4v) is 1.77. The van der Waals surface area contributed by atoms with Crippen molar-refractivity contribution in [1.82, 2.24) is 14.6 Å². The Kier molecular flexibility index (Phi) is 2.12. The van der Waals surface area contributed by atoms with Crippen LogP contribution in [-0.4, -0.2) is 14.6 Å². The predicted molar refractivity (Wildman–Crippen MR) is 60.7 cm³/mol. The Hall–Kier alpha value is -1.52. The highest BCUT2D eigenvalue weighted by atomic mass is 35.5. The van der Waals surface area contributed by atoms with Crippen LogP contribution in [0.3, 0.4) is 0 Å². The molecule has 0 aliphatic rings. The van der Waals surface area contributed by atoms with E-state index in [2.05, 4.69) is 10.2 Å². The number of fused-ring (bicyclic) bond motifs is 1. The van der Waals surface area contributed by atoms with Gasteiger partial charge in [-0.1, -0.05) is 11.6 Å². The summed E-state index contributed by atoms with van der Waals surface area (Å²) in [6, 6.07) is 6.88. The van der Waals surface area contributed by atoms with Gasteiger partial charge in [0.2, 0.25) is 5.82 Å². The van der Waals surface area contributed by atoms with Gasteiger partial charge in [0.05, 0.1) is 0 Å². The van der Waals surface area contributed by atoms with Crippen molar-refractivity contribution < 1.29 is 4.42 Å². The van der Waals surface area contributed by atoms with E-state index in [1.165, 1.54) is 0 Å². The maximum Gasteiger partial charge on any atom is 0.204 e. The molecular formula is C10H5Cl2N3O. The molecule has 3 aromatic rings. The Morgan fingerprint density at radius 1 is 1.12 bits per heavy atom. The van der Waals surface area contributed by atoms with Gasteiger partial charge >= 0.3 is 0 Å². The number of nitrogens with zero attached hydrogens (tertiary/aromatic N) is 3. The van der Waals surface area contributed by atoms with Crippen LogP contribution in [-0.2, 0) is 0 Å². The minimum absolute atomic E-state index is 0.320. The summed E-state index contributed by atoms with van der Waals surface area (Å²) >= 11 is 11.6. The second kappa shape index (κ2) is 3.50. The summed E-state index contributed by atoms with van der Waals surface area (Å²) in [5, 5.41) is 8.95. The van der Waals surface area contributed by atoms with Crippen LogP contribution in [0, 0.1) is 0 Å². The van der Waals surface area contributed by atoms with E-state index in [0.29, 0.717) is 27.5 Å². The van der Waals surface area contributed by atoms with Crippen molar-refractivity contribution >= 4 is 28.8 Å². The fraction of sp³-hybridized carbons (Fsp3) is 0. The molecule has 0 fully saturated rings. The van der Waals surface area contributed by atoms with Gasteiger partial charge in [-0.05, 0) is 29.8 Å². The van der Waals surface area contributed by atoms with Crippen molar-refractivity contribution in [1.29, 1.82) is 0 Å². The number of halogens is 2. The molecule has 3 rings (SSSR count). The molecule has 80 valence electrons. The summed E-state index contributed by atoms with van der Waals surface area (Å²) in [5.74, 6) is 1.17. The highest BCUT2D eigenvalue weighted by Crippen LogP contribution is 2.24. The van der Waals surface area contributed by atoms with Crippen LogP contribution in [0.5, 0.6) is 0 Å². The molecule has 3 aromatic heterocycles. The lowest BCUT2D eigenvalue weighted by molar-refractivity contribution is 0.578. The summed E-state index contributed by atoms with van der Waals surface area (Å²) < 4.78 is 7.05. The van der Waals surface area contributed by atoms with Crippen LogP contribution < -0.4 is 0 Å². The molecule has 6 heteroatoms. The first-order valence-electron chi connectivity index (χ1n) is 4.50. The van der Waals surface area contributed by atoms with Crippen molar-refractivity contribution in [3.05, 3.63) is 40.7 Å². The summed E-state index contributed by atoms with van der Waals surface area (Å²) in [7, 11) is 0.